The van der Waals surface area contributed by atoms with Gasteiger partial charge in [-0.2, -0.15) is 0 Å². The van der Waals surface area contributed by atoms with Crippen LogP contribution in [0.1, 0.15) is 73.7 Å². The summed E-state index contributed by atoms with van der Waals surface area (Å²) in [5, 5.41) is 1.19. The number of likely N-dealkylation sites (tertiary alicyclic amines) is 1. The van der Waals surface area contributed by atoms with Gasteiger partial charge in [-0.05, 0) is 80.0 Å². The maximum absolute atomic E-state index is 13.6. The average Bonchev–Trinajstić information content (AvgIpc) is 3.63. The number of hydrogen-bond acceptors (Lipinski definition) is 4. The molecule has 3 aliphatic rings. The van der Waals surface area contributed by atoms with Crippen molar-refractivity contribution in [2.75, 3.05) is 20.2 Å². The lowest BCUT2D eigenvalue weighted by molar-refractivity contribution is -0.124. The summed E-state index contributed by atoms with van der Waals surface area (Å²) in [6, 6.07) is 12.6. The number of primary amides is 1. The quantitative estimate of drug-likeness (QED) is 0.289. The van der Waals surface area contributed by atoms with Crippen molar-refractivity contribution in [1.29, 1.82) is 0 Å². The number of benzene rings is 2. The van der Waals surface area contributed by atoms with E-state index in [2.05, 4.69) is 40.3 Å². The van der Waals surface area contributed by atoms with Gasteiger partial charge in [0.2, 0.25) is 5.91 Å². The zero-order valence-corrected chi connectivity index (χ0v) is 24.9. The maximum Gasteiger partial charge on any atom is 0.254 e. The minimum absolute atomic E-state index is 0.0291. The van der Waals surface area contributed by atoms with Crippen molar-refractivity contribution in [1.82, 2.24) is 19.0 Å². The van der Waals surface area contributed by atoms with Crippen LogP contribution in [0, 0.1) is 17.8 Å². The molecule has 2 aromatic heterocycles. The molecule has 2 aromatic carbocycles. The Kier molecular flexibility index (Phi) is 6.75. The molecule has 220 valence electrons. The Balaban J connectivity index is 1.32. The van der Waals surface area contributed by atoms with Gasteiger partial charge < -0.3 is 24.5 Å². The summed E-state index contributed by atoms with van der Waals surface area (Å²) in [4.78, 5) is 32.6. The van der Waals surface area contributed by atoms with E-state index < -0.39 is 0 Å². The van der Waals surface area contributed by atoms with Crippen LogP contribution in [-0.4, -0.2) is 51.0 Å². The minimum atomic E-state index is -0.190. The lowest BCUT2D eigenvalue weighted by Gasteiger charge is -2.34. The Labute approximate surface area is 246 Å². The molecule has 3 fully saturated rings. The second-order valence-electron chi connectivity index (χ2n) is 12.8. The molecular weight excluding hydrogens is 526 g/mol. The van der Waals surface area contributed by atoms with Crippen LogP contribution in [0.2, 0.25) is 0 Å². The number of para-hydroxylation sites is 1. The second kappa shape index (κ2) is 10.5. The van der Waals surface area contributed by atoms with Crippen molar-refractivity contribution in [3.05, 3.63) is 47.5 Å². The van der Waals surface area contributed by atoms with Crippen LogP contribution in [-0.2, 0) is 18.4 Å². The number of aryl methyl sites for hydroxylation is 1. The lowest BCUT2D eigenvalue weighted by Crippen LogP contribution is -2.39. The standard InChI is InChI=1S/C34H41N5O3/c1-4-20-7-6-12-38(18-20)34(41)25-15-27-31(29(17-25)42-3)37(2)33(36-27)28-16-22-8-5-9-26(23-13-24(14-23)32(35)40)30(22)39(28)19-21-10-11-21/h5,8-9,15-17,20-21,23-24H,4,6-7,10-14,18-19H2,1-3H3,(H2,35,40)/t20-,23?,24?/m1/s1. The number of rotatable bonds is 8. The van der Waals surface area contributed by atoms with E-state index in [4.69, 9.17) is 15.5 Å². The van der Waals surface area contributed by atoms with Crippen LogP contribution in [0.4, 0.5) is 0 Å². The maximum atomic E-state index is 13.6. The fourth-order valence-corrected chi connectivity index (χ4v) is 7.30. The van der Waals surface area contributed by atoms with Gasteiger partial charge in [0.1, 0.15) is 11.3 Å². The van der Waals surface area contributed by atoms with Gasteiger partial charge >= 0.3 is 0 Å². The van der Waals surface area contributed by atoms with Crippen LogP contribution >= 0.6 is 0 Å². The fraction of sp³-hybridized carbons (Fsp3) is 0.500. The van der Waals surface area contributed by atoms with Gasteiger partial charge in [-0.3, -0.25) is 9.59 Å². The Morgan fingerprint density at radius 3 is 2.60 bits per heavy atom. The molecule has 4 aromatic rings. The number of nitrogens with zero attached hydrogens (tertiary/aromatic N) is 4. The second-order valence-corrected chi connectivity index (χ2v) is 12.8. The Morgan fingerprint density at radius 1 is 1.07 bits per heavy atom. The van der Waals surface area contributed by atoms with E-state index in [0.717, 1.165) is 67.9 Å². The van der Waals surface area contributed by atoms with Crippen molar-refractivity contribution in [2.24, 2.45) is 30.5 Å². The first-order valence-electron chi connectivity index (χ1n) is 15.6. The molecule has 0 bridgehead atoms. The Bertz CT molecular complexity index is 1690. The summed E-state index contributed by atoms with van der Waals surface area (Å²) in [5.74, 6) is 2.93. The molecule has 8 heteroatoms. The van der Waals surface area contributed by atoms with Crippen LogP contribution in [0.15, 0.2) is 36.4 Å². The number of imidazole rings is 1. The van der Waals surface area contributed by atoms with E-state index in [1.165, 1.54) is 35.7 Å². The predicted molar refractivity (Wildman–Crippen MR) is 164 cm³/mol. The highest BCUT2D eigenvalue weighted by molar-refractivity contribution is 6.00. The molecule has 0 spiro atoms. The minimum Gasteiger partial charge on any atom is -0.494 e. The van der Waals surface area contributed by atoms with Crippen molar-refractivity contribution in [3.8, 4) is 17.3 Å². The smallest absolute Gasteiger partial charge is 0.254 e. The number of ether oxygens (including phenoxy) is 1. The number of fused-ring (bicyclic) bond motifs is 2. The predicted octanol–water partition coefficient (Wildman–Crippen LogP) is 5.85. The highest BCUT2D eigenvalue weighted by Gasteiger charge is 2.36. The number of hydrogen-bond donors (Lipinski definition) is 1. The average molecular weight is 568 g/mol. The molecule has 2 N–H and O–H groups in total. The van der Waals surface area contributed by atoms with Crippen LogP contribution in [0.25, 0.3) is 33.5 Å². The number of carbonyl (C=O) groups is 2. The van der Waals surface area contributed by atoms with E-state index in [9.17, 15) is 9.59 Å². The molecule has 2 aliphatic carbocycles. The van der Waals surface area contributed by atoms with Gasteiger partial charge in [-0.25, -0.2) is 4.98 Å². The van der Waals surface area contributed by atoms with Gasteiger partial charge in [0, 0.05) is 43.5 Å². The molecule has 2 amide bonds. The zero-order chi connectivity index (χ0) is 29.1. The van der Waals surface area contributed by atoms with Crippen LogP contribution in [0.3, 0.4) is 0 Å². The van der Waals surface area contributed by atoms with Crippen LogP contribution < -0.4 is 10.5 Å². The first-order chi connectivity index (χ1) is 20.4. The topological polar surface area (TPSA) is 95.4 Å². The van der Waals surface area contributed by atoms with E-state index in [1.54, 1.807) is 7.11 Å². The molecule has 42 heavy (non-hydrogen) atoms. The summed E-state index contributed by atoms with van der Waals surface area (Å²) in [6.45, 7) is 4.76. The van der Waals surface area contributed by atoms with Gasteiger partial charge in [-0.1, -0.05) is 31.5 Å². The normalized spacial score (nSPS) is 22.5. The van der Waals surface area contributed by atoms with E-state index in [1.807, 2.05) is 24.1 Å². The van der Waals surface area contributed by atoms with E-state index in [-0.39, 0.29) is 17.7 Å². The first-order valence-corrected chi connectivity index (χ1v) is 15.6. The van der Waals surface area contributed by atoms with Crippen molar-refractivity contribution < 1.29 is 14.3 Å². The first kappa shape index (κ1) is 27.0. The van der Waals surface area contributed by atoms with Gasteiger partial charge in [-0.15, -0.1) is 0 Å². The van der Waals surface area contributed by atoms with Crippen LogP contribution in [0.5, 0.6) is 5.75 Å². The fourth-order valence-electron chi connectivity index (χ4n) is 7.30. The lowest BCUT2D eigenvalue weighted by atomic mass is 9.71. The molecular formula is C34H41N5O3. The SMILES string of the molecule is CC[C@@H]1CCCN(C(=O)c2cc(OC)c3c(c2)nc(-c2cc4cccc(C5CC(C(N)=O)C5)c4n2CC2CC2)n3C)C1. The summed E-state index contributed by atoms with van der Waals surface area (Å²) in [6.07, 6.45) is 7.45. The number of aromatic nitrogens is 3. The molecule has 0 unspecified atom stereocenters. The molecule has 1 atom stereocenters. The Hall–Kier alpha value is -3.81. The van der Waals surface area contributed by atoms with Gasteiger partial charge in [0.25, 0.3) is 5.91 Å². The third kappa shape index (κ3) is 4.56. The molecule has 2 saturated carbocycles. The van der Waals surface area contributed by atoms with Crippen molar-refractivity contribution in [2.45, 2.75) is 64.3 Å². The van der Waals surface area contributed by atoms with E-state index >= 15 is 0 Å². The molecule has 7 rings (SSSR count). The zero-order valence-electron chi connectivity index (χ0n) is 24.9. The van der Waals surface area contributed by atoms with Gasteiger partial charge in [0.15, 0.2) is 5.82 Å². The Morgan fingerprint density at radius 2 is 1.88 bits per heavy atom. The monoisotopic (exact) mass is 567 g/mol. The van der Waals surface area contributed by atoms with Crippen molar-refractivity contribution in [3.63, 3.8) is 0 Å². The largest absolute Gasteiger partial charge is 0.494 e. The highest BCUT2D eigenvalue weighted by Crippen LogP contribution is 2.46. The number of piperidine rings is 1. The van der Waals surface area contributed by atoms with Crippen molar-refractivity contribution >= 4 is 33.8 Å². The van der Waals surface area contributed by atoms with Gasteiger partial charge in [0.05, 0.1) is 23.8 Å². The summed E-state index contributed by atoms with van der Waals surface area (Å²) >= 11 is 0. The number of carbonyl (C=O) groups excluding carboxylic acids is 2. The number of methoxy groups -OCH3 is 1. The third-order valence-electron chi connectivity index (χ3n) is 10.1. The molecule has 1 aliphatic heterocycles. The third-order valence-corrected chi connectivity index (χ3v) is 10.1. The molecule has 8 nitrogen and oxygen atoms in total. The van der Waals surface area contributed by atoms with E-state index in [0.29, 0.717) is 29.1 Å². The summed E-state index contributed by atoms with van der Waals surface area (Å²) in [7, 11) is 3.70. The molecule has 3 heterocycles. The highest BCUT2D eigenvalue weighted by atomic mass is 16.5. The summed E-state index contributed by atoms with van der Waals surface area (Å²) < 4.78 is 10.4. The number of amides is 2. The molecule has 0 radical (unpaired) electrons. The summed E-state index contributed by atoms with van der Waals surface area (Å²) in [5.41, 5.74) is 11.5. The molecule has 1 saturated heterocycles. The number of nitrogens with two attached hydrogens (primary N) is 1.